The monoisotopic (exact) mass is 208 g/mol. The lowest BCUT2D eigenvalue weighted by molar-refractivity contribution is 0.335. The molecule has 15 heavy (non-hydrogen) atoms. The van der Waals surface area contributed by atoms with Gasteiger partial charge < -0.3 is 5.32 Å². The maximum atomic E-state index is 4.40. The first-order valence-corrected chi connectivity index (χ1v) is 5.97. The lowest BCUT2D eigenvalue weighted by atomic mass is 9.96. The van der Waals surface area contributed by atoms with Crippen LogP contribution in [-0.2, 0) is 13.0 Å². The molecule has 1 N–H and O–H groups in total. The zero-order valence-corrected chi connectivity index (χ0v) is 9.45. The Morgan fingerprint density at radius 3 is 3.20 bits per heavy atom. The zero-order chi connectivity index (χ0) is 10.5. The van der Waals surface area contributed by atoms with E-state index in [1.54, 1.807) is 0 Å². The maximum absolute atomic E-state index is 4.40. The van der Waals surface area contributed by atoms with Gasteiger partial charge in [0.2, 0.25) is 0 Å². The van der Waals surface area contributed by atoms with Crippen molar-refractivity contribution in [2.75, 3.05) is 13.1 Å². The summed E-state index contributed by atoms with van der Waals surface area (Å²) in [5.74, 6) is 1.78. The van der Waals surface area contributed by atoms with Crippen molar-refractivity contribution >= 4 is 0 Å². The van der Waals surface area contributed by atoms with Crippen LogP contribution >= 0.6 is 0 Å². The van der Waals surface area contributed by atoms with E-state index >= 15 is 0 Å². The summed E-state index contributed by atoms with van der Waals surface area (Å²) in [6.07, 6.45) is 6.69. The van der Waals surface area contributed by atoms with Gasteiger partial charge in [0.15, 0.2) is 0 Å². The summed E-state index contributed by atoms with van der Waals surface area (Å²) in [7, 11) is 0. The molecular weight excluding hydrogens is 188 g/mol. The molecule has 4 nitrogen and oxygen atoms in total. The highest BCUT2D eigenvalue weighted by Gasteiger charge is 2.12. The van der Waals surface area contributed by atoms with Crippen molar-refractivity contribution in [2.45, 2.75) is 39.2 Å². The fraction of sp³-hybridized carbons (Fsp3) is 0.818. The summed E-state index contributed by atoms with van der Waals surface area (Å²) in [5.41, 5.74) is 0. The third kappa shape index (κ3) is 3.02. The van der Waals surface area contributed by atoms with Gasteiger partial charge in [-0.25, -0.2) is 4.98 Å². The molecular formula is C11H20N4. The molecule has 2 rings (SSSR count). The van der Waals surface area contributed by atoms with Gasteiger partial charge in [-0.2, -0.15) is 5.10 Å². The normalized spacial score (nSPS) is 21.8. The number of piperidine rings is 1. The van der Waals surface area contributed by atoms with Crippen LogP contribution in [0.15, 0.2) is 6.33 Å². The van der Waals surface area contributed by atoms with Crippen molar-refractivity contribution in [2.24, 2.45) is 5.92 Å². The van der Waals surface area contributed by atoms with Gasteiger partial charge in [0.1, 0.15) is 12.2 Å². The summed E-state index contributed by atoms with van der Waals surface area (Å²) < 4.78 is 1.98. The fourth-order valence-electron chi connectivity index (χ4n) is 2.09. The van der Waals surface area contributed by atoms with E-state index in [-0.39, 0.29) is 0 Å². The molecule has 0 bridgehead atoms. The predicted molar refractivity (Wildman–Crippen MR) is 59.6 cm³/mol. The lowest BCUT2D eigenvalue weighted by Crippen LogP contribution is -2.30. The van der Waals surface area contributed by atoms with E-state index in [0.717, 1.165) is 24.7 Å². The molecule has 0 radical (unpaired) electrons. The molecule has 1 unspecified atom stereocenters. The Bertz CT molecular complexity index is 289. The van der Waals surface area contributed by atoms with E-state index in [1.165, 1.54) is 32.4 Å². The van der Waals surface area contributed by atoms with Gasteiger partial charge in [0.05, 0.1) is 0 Å². The molecule has 84 valence electrons. The highest BCUT2D eigenvalue weighted by atomic mass is 15.3. The highest BCUT2D eigenvalue weighted by Crippen LogP contribution is 2.14. The molecule has 0 saturated carbocycles. The number of hydrogen-bond acceptors (Lipinski definition) is 3. The topological polar surface area (TPSA) is 42.7 Å². The Balaban J connectivity index is 1.76. The van der Waals surface area contributed by atoms with Crippen LogP contribution in [-0.4, -0.2) is 27.9 Å². The number of aryl methyl sites for hydroxylation is 2. The molecule has 1 aromatic heterocycles. The number of aromatic nitrogens is 3. The van der Waals surface area contributed by atoms with Gasteiger partial charge >= 0.3 is 0 Å². The van der Waals surface area contributed by atoms with E-state index in [2.05, 4.69) is 22.3 Å². The number of rotatable bonds is 4. The Morgan fingerprint density at radius 1 is 1.60 bits per heavy atom. The van der Waals surface area contributed by atoms with Crippen molar-refractivity contribution in [3.05, 3.63) is 12.2 Å². The maximum Gasteiger partial charge on any atom is 0.150 e. The van der Waals surface area contributed by atoms with Crippen LogP contribution in [0.2, 0.25) is 0 Å². The summed E-state index contributed by atoms with van der Waals surface area (Å²) in [5, 5.41) is 7.84. The van der Waals surface area contributed by atoms with Crippen LogP contribution < -0.4 is 5.32 Å². The Labute approximate surface area is 91.1 Å². The van der Waals surface area contributed by atoms with Crippen molar-refractivity contribution in [1.82, 2.24) is 20.1 Å². The molecule has 1 aliphatic heterocycles. The molecule has 0 aliphatic carbocycles. The third-order valence-electron chi connectivity index (χ3n) is 3.07. The molecule has 2 heterocycles. The largest absolute Gasteiger partial charge is 0.316 e. The first-order valence-electron chi connectivity index (χ1n) is 5.97. The average molecular weight is 208 g/mol. The fourth-order valence-corrected chi connectivity index (χ4v) is 2.09. The van der Waals surface area contributed by atoms with Crippen LogP contribution in [0, 0.1) is 5.92 Å². The molecule has 4 heteroatoms. The van der Waals surface area contributed by atoms with Crippen molar-refractivity contribution < 1.29 is 0 Å². The minimum atomic E-state index is 0.827. The van der Waals surface area contributed by atoms with Crippen LogP contribution in [0.3, 0.4) is 0 Å². The molecule has 1 aromatic rings. The van der Waals surface area contributed by atoms with Gasteiger partial charge in [0, 0.05) is 13.0 Å². The summed E-state index contributed by atoms with van der Waals surface area (Å²) in [6.45, 7) is 5.47. The second-order valence-electron chi connectivity index (χ2n) is 4.28. The number of nitrogens with one attached hydrogen (secondary N) is 1. The minimum Gasteiger partial charge on any atom is -0.316 e. The van der Waals surface area contributed by atoms with E-state index in [1.807, 2.05) is 11.0 Å². The molecule has 0 amide bonds. The second kappa shape index (κ2) is 5.26. The van der Waals surface area contributed by atoms with Crippen LogP contribution in [0.5, 0.6) is 0 Å². The van der Waals surface area contributed by atoms with E-state index in [4.69, 9.17) is 0 Å². The summed E-state index contributed by atoms with van der Waals surface area (Å²) >= 11 is 0. The third-order valence-corrected chi connectivity index (χ3v) is 3.07. The Kier molecular flexibility index (Phi) is 3.72. The van der Waals surface area contributed by atoms with E-state index in [0.29, 0.717) is 0 Å². The predicted octanol–water partition coefficient (Wildman–Crippen LogP) is 1.23. The van der Waals surface area contributed by atoms with Gasteiger partial charge in [-0.15, -0.1) is 0 Å². The first-order chi connectivity index (χ1) is 7.38. The Morgan fingerprint density at radius 2 is 2.53 bits per heavy atom. The molecule has 0 aromatic carbocycles. The van der Waals surface area contributed by atoms with Gasteiger partial charge in [-0.3, -0.25) is 4.68 Å². The van der Waals surface area contributed by atoms with Crippen molar-refractivity contribution in [1.29, 1.82) is 0 Å². The average Bonchev–Trinajstić information content (AvgIpc) is 2.76. The van der Waals surface area contributed by atoms with Gasteiger partial charge in [-0.1, -0.05) is 6.92 Å². The smallest absolute Gasteiger partial charge is 0.150 e. The molecule has 1 atom stereocenters. The van der Waals surface area contributed by atoms with Crippen LogP contribution in [0.4, 0.5) is 0 Å². The SMILES string of the molecule is CCc1ncn(CCC2CCCNC2)n1. The van der Waals surface area contributed by atoms with Gasteiger partial charge in [0.25, 0.3) is 0 Å². The molecule has 1 saturated heterocycles. The van der Waals surface area contributed by atoms with Crippen LogP contribution in [0.25, 0.3) is 0 Å². The zero-order valence-electron chi connectivity index (χ0n) is 9.45. The lowest BCUT2D eigenvalue weighted by Gasteiger charge is -2.22. The standard InChI is InChI=1S/C11H20N4/c1-2-11-13-9-15(14-11)7-5-10-4-3-6-12-8-10/h9-10,12H,2-8H2,1H3. The molecule has 1 fully saturated rings. The van der Waals surface area contributed by atoms with Gasteiger partial charge in [-0.05, 0) is 38.3 Å². The van der Waals surface area contributed by atoms with E-state index in [9.17, 15) is 0 Å². The second-order valence-corrected chi connectivity index (χ2v) is 4.28. The summed E-state index contributed by atoms with van der Waals surface area (Å²) in [6, 6.07) is 0. The number of hydrogen-bond donors (Lipinski definition) is 1. The summed E-state index contributed by atoms with van der Waals surface area (Å²) in [4.78, 5) is 4.23. The van der Waals surface area contributed by atoms with E-state index < -0.39 is 0 Å². The van der Waals surface area contributed by atoms with Crippen LogP contribution in [0.1, 0.15) is 32.0 Å². The number of nitrogens with zero attached hydrogens (tertiary/aromatic N) is 3. The molecule has 1 aliphatic rings. The Hall–Kier alpha value is -0.900. The minimum absolute atomic E-state index is 0.827. The quantitative estimate of drug-likeness (QED) is 0.809. The highest BCUT2D eigenvalue weighted by molar-refractivity contribution is 4.80. The molecule has 0 spiro atoms. The van der Waals surface area contributed by atoms with Crippen molar-refractivity contribution in [3.8, 4) is 0 Å². The van der Waals surface area contributed by atoms with Crippen molar-refractivity contribution in [3.63, 3.8) is 0 Å². The first kappa shape index (κ1) is 10.6.